The highest BCUT2D eigenvalue weighted by Gasteiger charge is 2.20. The maximum Gasteiger partial charge on any atom is 0.161 e. The molecule has 0 radical (unpaired) electrons. The molecule has 1 aromatic heterocycles. The maximum atomic E-state index is 6.28. The van der Waals surface area contributed by atoms with E-state index in [4.69, 9.17) is 9.47 Å². The van der Waals surface area contributed by atoms with Gasteiger partial charge < -0.3 is 9.47 Å². The van der Waals surface area contributed by atoms with Gasteiger partial charge in [0.05, 0.1) is 13.2 Å². The first-order valence-corrected chi connectivity index (χ1v) is 11.5. The van der Waals surface area contributed by atoms with E-state index in [-0.39, 0.29) is 0 Å². The second-order valence-corrected chi connectivity index (χ2v) is 8.83. The number of hydrogen-bond donors (Lipinski definition) is 0. The lowest BCUT2D eigenvalue weighted by Gasteiger charge is -2.22. The highest BCUT2D eigenvalue weighted by atomic mass is 32.1. The number of methoxy groups -OCH3 is 1. The molecule has 4 rings (SSSR count). The Labute approximate surface area is 173 Å². The van der Waals surface area contributed by atoms with Crippen LogP contribution < -0.4 is 9.47 Å². The molecule has 1 aromatic carbocycles. The van der Waals surface area contributed by atoms with Crippen LogP contribution in [0.5, 0.6) is 11.5 Å². The summed E-state index contributed by atoms with van der Waals surface area (Å²) in [6.45, 7) is 6.67. The van der Waals surface area contributed by atoms with Gasteiger partial charge in [-0.25, -0.2) is 0 Å². The van der Waals surface area contributed by atoms with Gasteiger partial charge in [0.1, 0.15) is 0 Å². The van der Waals surface area contributed by atoms with Crippen molar-refractivity contribution in [2.24, 2.45) is 0 Å². The lowest BCUT2D eigenvalue weighted by Crippen LogP contribution is -2.30. The van der Waals surface area contributed by atoms with Crippen molar-refractivity contribution < 1.29 is 9.47 Å². The Morgan fingerprint density at radius 2 is 1.64 bits per heavy atom. The van der Waals surface area contributed by atoms with Gasteiger partial charge in [-0.1, -0.05) is 6.07 Å². The fourth-order valence-corrected chi connectivity index (χ4v) is 5.00. The molecular formula is C23H32N2O2S. The van der Waals surface area contributed by atoms with Crippen LogP contribution in [0.3, 0.4) is 0 Å². The molecule has 28 heavy (non-hydrogen) atoms. The van der Waals surface area contributed by atoms with Gasteiger partial charge in [0, 0.05) is 26.2 Å². The van der Waals surface area contributed by atoms with Crippen molar-refractivity contribution in [2.75, 3.05) is 33.3 Å². The summed E-state index contributed by atoms with van der Waals surface area (Å²) in [5, 5.41) is 4.44. The maximum absolute atomic E-state index is 6.28. The van der Waals surface area contributed by atoms with E-state index >= 15 is 0 Å². The average molecular weight is 401 g/mol. The van der Waals surface area contributed by atoms with E-state index in [1.54, 1.807) is 18.4 Å². The first kappa shape index (κ1) is 19.7. The molecule has 0 spiro atoms. The Balaban J connectivity index is 1.35. The van der Waals surface area contributed by atoms with E-state index in [0.717, 1.165) is 44.2 Å². The summed E-state index contributed by atoms with van der Waals surface area (Å²) in [5.74, 6) is 1.77. The van der Waals surface area contributed by atoms with Crippen molar-refractivity contribution in [3.63, 3.8) is 0 Å². The Hall–Kier alpha value is -1.56. The third-order valence-electron chi connectivity index (χ3n) is 5.90. The minimum absolute atomic E-state index is 0.355. The van der Waals surface area contributed by atoms with Crippen LogP contribution in [0.25, 0.3) is 0 Å². The van der Waals surface area contributed by atoms with Crippen LogP contribution in [-0.2, 0) is 13.1 Å². The smallest absolute Gasteiger partial charge is 0.161 e. The molecule has 152 valence electrons. The summed E-state index contributed by atoms with van der Waals surface area (Å²) in [5.41, 5.74) is 2.77. The molecule has 5 heteroatoms. The van der Waals surface area contributed by atoms with Gasteiger partial charge in [-0.05, 0) is 85.3 Å². The molecule has 2 fully saturated rings. The van der Waals surface area contributed by atoms with Crippen molar-refractivity contribution in [2.45, 2.75) is 51.3 Å². The van der Waals surface area contributed by atoms with Crippen LogP contribution in [0.15, 0.2) is 35.0 Å². The molecule has 1 aliphatic carbocycles. The third-order valence-corrected chi connectivity index (χ3v) is 6.63. The summed E-state index contributed by atoms with van der Waals surface area (Å²) < 4.78 is 11.8. The summed E-state index contributed by atoms with van der Waals surface area (Å²) >= 11 is 1.79. The van der Waals surface area contributed by atoms with Crippen molar-refractivity contribution >= 4 is 11.3 Å². The van der Waals surface area contributed by atoms with Gasteiger partial charge in [-0.2, -0.15) is 11.3 Å². The molecular weight excluding hydrogens is 368 g/mol. The highest BCUT2D eigenvalue weighted by Crippen LogP contribution is 2.32. The summed E-state index contributed by atoms with van der Waals surface area (Å²) in [4.78, 5) is 5.17. The van der Waals surface area contributed by atoms with Crippen LogP contribution in [0, 0.1) is 0 Å². The standard InChI is InChI=1S/C23H32N2O2S/c1-26-22-8-7-19(15-23(22)27-21-5-2-3-6-21)16-24-10-4-11-25(13-12-24)17-20-9-14-28-18-20/h7-9,14-15,18,21H,2-6,10-13,16-17H2,1H3. The van der Waals surface area contributed by atoms with Crippen molar-refractivity contribution in [1.82, 2.24) is 9.80 Å². The molecule has 2 heterocycles. The first-order chi connectivity index (χ1) is 13.8. The zero-order valence-corrected chi connectivity index (χ0v) is 17.8. The lowest BCUT2D eigenvalue weighted by molar-refractivity contribution is 0.200. The topological polar surface area (TPSA) is 24.9 Å². The van der Waals surface area contributed by atoms with Gasteiger partial charge in [0.25, 0.3) is 0 Å². The average Bonchev–Trinajstić information content (AvgIpc) is 3.36. The normalized spacial score (nSPS) is 19.6. The lowest BCUT2D eigenvalue weighted by atomic mass is 10.1. The van der Waals surface area contributed by atoms with Gasteiger partial charge >= 0.3 is 0 Å². The fourth-order valence-electron chi connectivity index (χ4n) is 4.34. The quantitative estimate of drug-likeness (QED) is 0.667. The van der Waals surface area contributed by atoms with Crippen LogP contribution in [0.4, 0.5) is 0 Å². The molecule has 0 atom stereocenters. The van der Waals surface area contributed by atoms with Crippen molar-refractivity contribution in [3.8, 4) is 11.5 Å². The van der Waals surface area contributed by atoms with Crippen LogP contribution in [0.2, 0.25) is 0 Å². The second kappa shape index (κ2) is 9.77. The van der Waals surface area contributed by atoms with E-state index in [0.29, 0.717) is 6.10 Å². The van der Waals surface area contributed by atoms with Gasteiger partial charge in [-0.15, -0.1) is 0 Å². The molecule has 2 aliphatic rings. The largest absolute Gasteiger partial charge is 0.493 e. The Bertz CT molecular complexity index is 728. The molecule has 0 unspecified atom stereocenters. The van der Waals surface area contributed by atoms with Crippen molar-refractivity contribution in [3.05, 3.63) is 46.2 Å². The number of hydrogen-bond acceptors (Lipinski definition) is 5. The number of thiophene rings is 1. The minimum Gasteiger partial charge on any atom is -0.493 e. The predicted octanol–water partition coefficient (Wildman–Crippen LogP) is 4.79. The monoisotopic (exact) mass is 400 g/mol. The Kier molecular flexibility index (Phi) is 6.89. The molecule has 2 aromatic rings. The van der Waals surface area contributed by atoms with Gasteiger partial charge in [-0.3, -0.25) is 9.80 Å². The number of benzene rings is 1. The third kappa shape index (κ3) is 5.28. The molecule has 1 saturated carbocycles. The van der Waals surface area contributed by atoms with E-state index in [9.17, 15) is 0 Å². The summed E-state index contributed by atoms with van der Waals surface area (Å²) in [6, 6.07) is 8.70. The Morgan fingerprint density at radius 1 is 0.893 bits per heavy atom. The van der Waals surface area contributed by atoms with E-state index < -0.39 is 0 Å². The molecule has 4 nitrogen and oxygen atoms in total. The molecule has 0 N–H and O–H groups in total. The minimum atomic E-state index is 0.355. The molecule has 0 bridgehead atoms. The van der Waals surface area contributed by atoms with E-state index in [1.807, 2.05) is 0 Å². The molecule has 0 amide bonds. The SMILES string of the molecule is COc1ccc(CN2CCCN(Cc3ccsc3)CC2)cc1OC1CCCC1. The fraction of sp³-hybridized carbons (Fsp3) is 0.565. The summed E-state index contributed by atoms with van der Waals surface area (Å²) in [7, 11) is 1.73. The van der Waals surface area contributed by atoms with E-state index in [1.165, 1.54) is 49.8 Å². The number of rotatable bonds is 7. The van der Waals surface area contributed by atoms with Gasteiger partial charge in [0.15, 0.2) is 11.5 Å². The first-order valence-electron chi connectivity index (χ1n) is 10.6. The predicted molar refractivity (Wildman–Crippen MR) is 115 cm³/mol. The number of ether oxygens (including phenoxy) is 2. The van der Waals surface area contributed by atoms with E-state index in [2.05, 4.69) is 44.8 Å². The highest BCUT2D eigenvalue weighted by molar-refractivity contribution is 7.07. The van der Waals surface area contributed by atoms with Gasteiger partial charge in [0.2, 0.25) is 0 Å². The van der Waals surface area contributed by atoms with Crippen molar-refractivity contribution in [1.29, 1.82) is 0 Å². The molecule has 1 aliphatic heterocycles. The van der Waals surface area contributed by atoms with Crippen LogP contribution in [-0.4, -0.2) is 49.2 Å². The zero-order valence-electron chi connectivity index (χ0n) is 16.9. The molecule has 1 saturated heterocycles. The summed E-state index contributed by atoms with van der Waals surface area (Å²) in [6.07, 6.45) is 6.47. The Morgan fingerprint density at radius 3 is 2.32 bits per heavy atom. The zero-order chi connectivity index (χ0) is 19.2. The van der Waals surface area contributed by atoms with Crippen LogP contribution in [0.1, 0.15) is 43.2 Å². The second-order valence-electron chi connectivity index (χ2n) is 8.05. The number of nitrogens with zero attached hydrogens (tertiary/aromatic N) is 2. The van der Waals surface area contributed by atoms with Crippen LogP contribution >= 0.6 is 11.3 Å².